The lowest BCUT2D eigenvalue weighted by Gasteiger charge is -2.09. The fourth-order valence-corrected chi connectivity index (χ4v) is 2.03. The van der Waals surface area contributed by atoms with E-state index in [-0.39, 0.29) is 0 Å². The van der Waals surface area contributed by atoms with Gasteiger partial charge in [0, 0.05) is 25.8 Å². The fourth-order valence-electron chi connectivity index (χ4n) is 1.23. The third-order valence-electron chi connectivity index (χ3n) is 2.06. The Balaban J connectivity index is 2.52. The first-order valence-electron chi connectivity index (χ1n) is 5.87. The third kappa shape index (κ3) is 6.69. The van der Waals surface area contributed by atoms with E-state index in [4.69, 9.17) is 0 Å². The molecule has 0 aromatic carbocycles. The van der Waals surface area contributed by atoms with Crippen molar-refractivity contribution in [2.45, 2.75) is 13.3 Å². The minimum absolute atomic E-state index is 0.299. The topological polar surface area (TPSA) is 96.0 Å². The van der Waals surface area contributed by atoms with Crippen molar-refractivity contribution in [3.63, 3.8) is 0 Å². The van der Waals surface area contributed by atoms with Gasteiger partial charge in [-0.3, -0.25) is 0 Å². The van der Waals surface area contributed by atoms with E-state index >= 15 is 0 Å². The van der Waals surface area contributed by atoms with E-state index in [0.29, 0.717) is 24.9 Å². The number of nitrogens with one attached hydrogen (secondary N) is 3. The minimum atomic E-state index is -3.16. The van der Waals surface area contributed by atoms with Gasteiger partial charge in [0.2, 0.25) is 16.0 Å². The summed E-state index contributed by atoms with van der Waals surface area (Å²) >= 11 is 3.34. The van der Waals surface area contributed by atoms with E-state index in [2.05, 4.69) is 48.2 Å². The fraction of sp³-hybridized carbons (Fsp3) is 0.600. The van der Waals surface area contributed by atoms with Crippen molar-refractivity contribution in [3.8, 4) is 0 Å². The predicted molar refractivity (Wildman–Crippen MR) is 79.8 cm³/mol. The summed E-state index contributed by atoms with van der Waals surface area (Å²) in [4.78, 5) is 8.41. The molecule has 1 aromatic rings. The number of nitrogens with zero attached hydrogens (tertiary/aromatic N) is 2. The number of hydrogen-bond donors (Lipinski definition) is 3. The molecule has 0 aliphatic heterocycles. The van der Waals surface area contributed by atoms with Gasteiger partial charge in [-0.05, 0) is 22.4 Å². The molecule has 0 amide bonds. The summed E-state index contributed by atoms with van der Waals surface area (Å²) < 4.78 is 24.9. The van der Waals surface area contributed by atoms with Crippen molar-refractivity contribution >= 4 is 37.7 Å². The quantitative estimate of drug-likeness (QED) is 0.605. The summed E-state index contributed by atoms with van der Waals surface area (Å²) in [7, 11) is -3.16. The van der Waals surface area contributed by atoms with Gasteiger partial charge in [-0.1, -0.05) is 6.92 Å². The molecule has 1 aromatic heterocycles. The standard InChI is InChI=1S/C10H18BrN5O2S/c1-3-4-13-10-14-7-8(11)9(16-10)12-5-6-15-19(2,17)18/h7,15H,3-6H2,1-2H3,(H2,12,13,14,16). The van der Waals surface area contributed by atoms with Crippen LogP contribution in [0.15, 0.2) is 10.7 Å². The number of sulfonamides is 1. The van der Waals surface area contributed by atoms with Gasteiger partial charge in [-0.2, -0.15) is 4.98 Å². The highest BCUT2D eigenvalue weighted by Crippen LogP contribution is 2.19. The maximum Gasteiger partial charge on any atom is 0.224 e. The monoisotopic (exact) mass is 351 g/mol. The molecule has 1 rings (SSSR count). The lowest BCUT2D eigenvalue weighted by atomic mass is 10.5. The maximum atomic E-state index is 10.9. The van der Waals surface area contributed by atoms with Gasteiger partial charge in [0.25, 0.3) is 0 Å². The molecular weight excluding hydrogens is 334 g/mol. The summed E-state index contributed by atoms with van der Waals surface area (Å²) in [6.45, 7) is 3.60. The van der Waals surface area contributed by atoms with Crippen LogP contribution < -0.4 is 15.4 Å². The van der Waals surface area contributed by atoms with Crippen LogP contribution in [-0.2, 0) is 10.0 Å². The molecule has 1 heterocycles. The van der Waals surface area contributed by atoms with E-state index in [1.165, 1.54) is 0 Å². The molecule has 9 heteroatoms. The lowest BCUT2D eigenvalue weighted by molar-refractivity contribution is 0.589. The van der Waals surface area contributed by atoms with Gasteiger partial charge in [0.15, 0.2) is 0 Å². The van der Waals surface area contributed by atoms with Crippen LogP contribution >= 0.6 is 15.9 Å². The van der Waals surface area contributed by atoms with Crippen LogP contribution in [0.1, 0.15) is 13.3 Å². The van der Waals surface area contributed by atoms with Crippen molar-refractivity contribution in [2.75, 3.05) is 36.5 Å². The predicted octanol–water partition coefficient (Wildman–Crippen LogP) is 1.02. The zero-order valence-electron chi connectivity index (χ0n) is 10.9. The van der Waals surface area contributed by atoms with Gasteiger partial charge in [-0.15, -0.1) is 0 Å². The Bertz CT molecular complexity index is 509. The zero-order chi connectivity index (χ0) is 14.3. The van der Waals surface area contributed by atoms with Crippen LogP contribution in [0.4, 0.5) is 11.8 Å². The Labute approximate surface area is 121 Å². The van der Waals surface area contributed by atoms with E-state index in [1.54, 1.807) is 6.20 Å². The van der Waals surface area contributed by atoms with Gasteiger partial charge in [0.05, 0.1) is 10.7 Å². The molecule has 0 aliphatic carbocycles. The summed E-state index contributed by atoms with van der Waals surface area (Å²) in [5, 5.41) is 6.12. The van der Waals surface area contributed by atoms with Crippen LogP contribution in [0.5, 0.6) is 0 Å². The molecule has 3 N–H and O–H groups in total. The number of rotatable bonds is 8. The smallest absolute Gasteiger partial charge is 0.224 e. The summed E-state index contributed by atoms with van der Waals surface area (Å²) in [5.41, 5.74) is 0. The van der Waals surface area contributed by atoms with Gasteiger partial charge in [-0.25, -0.2) is 18.1 Å². The Kier molecular flexibility index (Phi) is 6.46. The number of anilines is 2. The molecular formula is C10H18BrN5O2S. The first-order chi connectivity index (χ1) is 8.92. The number of hydrogen-bond acceptors (Lipinski definition) is 6. The van der Waals surface area contributed by atoms with Crippen molar-refractivity contribution in [2.24, 2.45) is 0 Å². The second-order valence-corrected chi connectivity index (χ2v) is 6.60. The maximum absolute atomic E-state index is 10.9. The summed E-state index contributed by atoms with van der Waals surface area (Å²) in [6.07, 6.45) is 3.76. The Morgan fingerprint density at radius 3 is 2.63 bits per heavy atom. The second-order valence-electron chi connectivity index (χ2n) is 3.91. The molecule has 0 radical (unpaired) electrons. The van der Waals surface area contributed by atoms with Crippen LogP contribution in [0.25, 0.3) is 0 Å². The summed E-state index contributed by atoms with van der Waals surface area (Å²) in [6, 6.07) is 0. The number of aromatic nitrogens is 2. The molecule has 0 unspecified atom stereocenters. The second kappa shape index (κ2) is 7.61. The van der Waals surface area contributed by atoms with Crippen LogP contribution in [0.2, 0.25) is 0 Å². The molecule has 0 atom stereocenters. The highest BCUT2D eigenvalue weighted by molar-refractivity contribution is 9.10. The van der Waals surface area contributed by atoms with Crippen LogP contribution in [-0.4, -0.2) is 44.3 Å². The van der Waals surface area contributed by atoms with Crippen molar-refractivity contribution in [1.82, 2.24) is 14.7 Å². The molecule has 0 bridgehead atoms. The van der Waals surface area contributed by atoms with Gasteiger partial charge >= 0.3 is 0 Å². The van der Waals surface area contributed by atoms with Crippen molar-refractivity contribution < 1.29 is 8.42 Å². The van der Waals surface area contributed by atoms with E-state index in [1.807, 2.05) is 0 Å². The largest absolute Gasteiger partial charge is 0.368 e. The molecule has 7 nitrogen and oxygen atoms in total. The van der Waals surface area contributed by atoms with Crippen molar-refractivity contribution in [3.05, 3.63) is 10.7 Å². The number of halogens is 1. The van der Waals surface area contributed by atoms with Crippen molar-refractivity contribution in [1.29, 1.82) is 0 Å². The molecule has 0 fully saturated rings. The molecule has 19 heavy (non-hydrogen) atoms. The Hall–Kier alpha value is -0.930. The van der Waals surface area contributed by atoms with E-state index in [9.17, 15) is 8.42 Å². The van der Waals surface area contributed by atoms with E-state index in [0.717, 1.165) is 23.7 Å². The first kappa shape index (κ1) is 16.1. The Morgan fingerprint density at radius 1 is 1.26 bits per heavy atom. The molecule has 0 spiro atoms. The Morgan fingerprint density at radius 2 is 2.00 bits per heavy atom. The van der Waals surface area contributed by atoms with Crippen LogP contribution in [0, 0.1) is 0 Å². The minimum Gasteiger partial charge on any atom is -0.368 e. The average molecular weight is 352 g/mol. The van der Waals surface area contributed by atoms with E-state index < -0.39 is 10.0 Å². The lowest BCUT2D eigenvalue weighted by Crippen LogP contribution is -2.27. The molecule has 0 saturated heterocycles. The third-order valence-corrected chi connectivity index (χ3v) is 3.37. The highest BCUT2D eigenvalue weighted by Gasteiger charge is 2.05. The molecule has 108 valence electrons. The van der Waals surface area contributed by atoms with Gasteiger partial charge in [0.1, 0.15) is 5.82 Å². The average Bonchev–Trinajstić information content (AvgIpc) is 2.33. The molecule has 0 saturated carbocycles. The van der Waals surface area contributed by atoms with Gasteiger partial charge < -0.3 is 10.6 Å². The molecule has 0 aliphatic rings. The normalized spacial score (nSPS) is 11.3. The zero-order valence-corrected chi connectivity index (χ0v) is 13.3. The summed E-state index contributed by atoms with van der Waals surface area (Å²) in [5.74, 6) is 1.17. The van der Waals surface area contributed by atoms with Crippen LogP contribution in [0.3, 0.4) is 0 Å². The highest BCUT2D eigenvalue weighted by atomic mass is 79.9. The first-order valence-corrected chi connectivity index (χ1v) is 8.55. The SMILES string of the molecule is CCCNc1ncc(Br)c(NCCNS(C)(=O)=O)n1.